The maximum absolute atomic E-state index is 11.3. The van der Waals surface area contributed by atoms with Crippen molar-refractivity contribution in [2.24, 2.45) is 0 Å². The van der Waals surface area contributed by atoms with Crippen LogP contribution in [0.15, 0.2) is 0 Å². The van der Waals surface area contributed by atoms with E-state index in [1.165, 1.54) is 0 Å². The zero-order valence-electron chi connectivity index (χ0n) is 11.5. The van der Waals surface area contributed by atoms with Gasteiger partial charge >= 0.3 is 0 Å². The predicted octanol–water partition coefficient (Wildman–Crippen LogP) is 0.524. The van der Waals surface area contributed by atoms with Gasteiger partial charge in [0.05, 0.1) is 13.2 Å². The molecule has 0 spiro atoms. The van der Waals surface area contributed by atoms with E-state index >= 15 is 0 Å². The van der Waals surface area contributed by atoms with Crippen LogP contribution in [0.2, 0.25) is 0 Å². The number of ether oxygens (including phenoxy) is 1. The van der Waals surface area contributed by atoms with Crippen molar-refractivity contribution in [3.63, 3.8) is 0 Å². The van der Waals surface area contributed by atoms with Crippen molar-refractivity contribution in [3.05, 3.63) is 0 Å². The second-order valence-corrected chi connectivity index (χ2v) is 3.55. The molecule has 0 radical (unpaired) electrons. The Morgan fingerprint density at radius 2 is 1.78 bits per heavy atom. The molecule has 1 amide bonds. The lowest BCUT2D eigenvalue weighted by Crippen LogP contribution is -2.39. The minimum atomic E-state index is 0. The number of halogens is 2. The molecule has 0 aliphatic rings. The summed E-state index contributed by atoms with van der Waals surface area (Å²) in [6.07, 6.45) is 0. The summed E-state index contributed by atoms with van der Waals surface area (Å²) in [6, 6.07) is 0. The van der Waals surface area contributed by atoms with Gasteiger partial charge in [0.15, 0.2) is 0 Å². The fourth-order valence-electron chi connectivity index (χ4n) is 1.33. The first kappa shape index (κ1) is 23.1. The van der Waals surface area contributed by atoms with E-state index in [1.807, 2.05) is 0 Å². The van der Waals surface area contributed by atoms with Gasteiger partial charge in [-0.15, -0.1) is 24.8 Å². The van der Waals surface area contributed by atoms with Gasteiger partial charge in [0, 0.05) is 26.7 Å². The molecule has 0 fully saturated rings. The molecule has 0 aromatic heterocycles. The van der Waals surface area contributed by atoms with Crippen LogP contribution in [0.25, 0.3) is 0 Å². The number of nitrogens with one attached hydrogen (secondary N) is 2. The Morgan fingerprint density at radius 1 is 1.17 bits per heavy atom. The van der Waals surface area contributed by atoms with E-state index in [0.29, 0.717) is 26.2 Å². The Bertz CT molecular complexity index is 182. The summed E-state index contributed by atoms with van der Waals surface area (Å²) in [5.41, 5.74) is 0. The Hall–Kier alpha value is -0.0700. The van der Waals surface area contributed by atoms with E-state index in [0.717, 1.165) is 19.6 Å². The van der Waals surface area contributed by atoms with Gasteiger partial charge in [-0.05, 0) is 13.1 Å². The Balaban J connectivity index is -0.00000112. The molecule has 2 N–H and O–H groups in total. The second-order valence-electron chi connectivity index (χ2n) is 3.55. The van der Waals surface area contributed by atoms with Gasteiger partial charge < -0.3 is 20.3 Å². The molecular formula is C11H27Cl2N3O2. The highest BCUT2D eigenvalue weighted by atomic mass is 35.5. The van der Waals surface area contributed by atoms with Gasteiger partial charge in [0.1, 0.15) is 0 Å². The van der Waals surface area contributed by atoms with Gasteiger partial charge in [0.25, 0.3) is 0 Å². The Labute approximate surface area is 123 Å². The number of rotatable bonds is 10. The maximum Gasteiger partial charge on any atom is 0.234 e. The first-order valence-corrected chi connectivity index (χ1v) is 5.93. The fraction of sp³-hybridized carbons (Fsp3) is 0.909. The monoisotopic (exact) mass is 303 g/mol. The zero-order valence-corrected chi connectivity index (χ0v) is 13.2. The van der Waals surface area contributed by atoms with Crippen LogP contribution in [-0.4, -0.2) is 63.8 Å². The van der Waals surface area contributed by atoms with E-state index in [2.05, 4.69) is 29.4 Å². The lowest BCUT2D eigenvalue weighted by atomic mass is 10.4. The number of nitrogens with zero attached hydrogens (tertiary/aromatic N) is 1. The zero-order chi connectivity index (χ0) is 12.2. The molecule has 112 valence electrons. The third kappa shape index (κ3) is 14.0. The van der Waals surface area contributed by atoms with Crippen LogP contribution in [0.5, 0.6) is 0 Å². The van der Waals surface area contributed by atoms with Crippen molar-refractivity contribution in [2.45, 2.75) is 13.8 Å². The molecule has 0 atom stereocenters. The van der Waals surface area contributed by atoms with Crippen LogP contribution in [0.4, 0.5) is 0 Å². The fourth-order valence-corrected chi connectivity index (χ4v) is 1.33. The number of carbonyl (C=O) groups is 1. The summed E-state index contributed by atoms with van der Waals surface area (Å²) in [7, 11) is 1.64. The molecule has 0 aliphatic carbocycles. The first-order valence-electron chi connectivity index (χ1n) is 5.93. The molecule has 0 saturated carbocycles. The summed E-state index contributed by atoms with van der Waals surface area (Å²) in [5, 5.41) is 5.88. The van der Waals surface area contributed by atoms with Crippen molar-refractivity contribution in [2.75, 3.05) is 53.0 Å². The van der Waals surface area contributed by atoms with Gasteiger partial charge in [-0.25, -0.2) is 0 Å². The largest absolute Gasteiger partial charge is 0.383 e. The van der Waals surface area contributed by atoms with Crippen molar-refractivity contribution >= 4 is 30.7 Å². The van der Waals surface area contributed by atoms with Crippen LogP contribution in [0.1, 0.15) is 13.8 Å². The summed E-state index contributed by atoms with van der Waals surface area (Å²) in [4.78, 5) is 13.6. The first-order chi connectivity index (χ1) is 7.74. The molecule has 0 aromatic carbocycles. The highest BCUT2D eigenvalue weighted by Gasteiger charge is 2.01. The highest BCUT2D eigenvalue weighted by molar-refractivity contribution is 5.85. The molecule has 18 heavy (non-hydrogen) atoms. The van der Waals surface area contributed by atoms with Gasteiger partial charge in [-0.1, -0.05) is 13.8 Å². The third-order valence-corrected chi connectivity index (χ3v) is 2.41. The van der Waals surface area contributed by atoms with Gasteiger partial charge in [-0.2, -0.15) is 0 Å². The number of methoxy groups -OCH3 is 1. The molecule has 0 aliphatic heterocycles. The molecule has 0 unspecified atom stereocenters. The lowest BCUT2D eigenvalue weighted by molar-refractivity contribution is -0.120. The average molecular weight is 304 g/mol. The Morgan fingerprint density at radius 3 is 2.28 bits per heavy atom. The third-order valence-electron chi connectivity index (χ3n) is 2.41. The lowest BCUT2D eigenvalue weighted by Gasteiger charge is -2.17. The summed E-state index contributed by atoms with van der Waals surface area (Å²) < 4.78 is 4.86. The normalized spacial score (nSPS) is 9.56. The molecule has 0 rings (SSSR count). The minimum Gasteiger partial charge on any atom is -0.383 e. The smallest absolute Gasteiger partial charge is 0.234 e. The highest BCUT2D eigenvalue weighted by Crippen LogP contribution is 1.83. The van der Waals surface area contributed by atoms with E-state index in [9.17, 15) is 4.79 Å². The van der Waals surface area contributed by atoms with Crippen molar-refractivity contribution in [1.82, 2.24) is 15.5 Å². The van der Waals surface area contributed by atoms with Crippen LogP contribution in [-0.2, 0) is 9.53 Å². The summed E-state index contributed by atoms with van der Waals surface area (Å²) >= 11 is 0. The summed E-state index contributed by atoms with van der Waals surface area (Å²) in [5.74, 6) is 0.0447. The molecule has 5 nitrogen and oxygen atoms in total. The van der Waals surface area contributed by atoms with Crippen molar-refractivity contribution in [1.29, 1.82) is 0 Å². The van der Waals surface area contributed by atoms with Crippen molar-refractivity contribution < 1.29 is 9.53 Å². The second kappa shape index (κ2) is 16.9. The van der Waals surface area contributed by atoms with Crippen LogP contribution < -0.4 is 10.6 Å². The summed E-state index contributed by atoms with van der Waals surface area (Å²) in [6.45, 7) is 9.63. The maximum atomic E-state index is 11.3. The van der Waals surface area contributed by atoms with E-state index in [4.69, 9.17) is 4.74 Å². The molecule has 0 heterocycles. The van der Waals surface area contributed by atoms with Crippen LogP contribution in [0, 0.1) is 0 Å². The van der Waals surface area contributed by atoms with Gasteiger partial charge in [-0.3, -0.25) is 4.79 Å². The van der Waals surface area contributed by atoms with E-state index < -0.39 is 0 Å². The van der Waals surface area contributed by atoms with E-state index in [1.54, 1.807) is 7.11 Å². The molecule has 0 bridgehead atoms. The average Bonchev–Trinajstić information content (AvgIpc) is 2.30. The standard InChI is InChI=1S/C11H25N3O2.2ClH/c1-4-14(5-2)8-6-13-11(15)10-12-7-9-16-3;;/h12H,4-10H2,1-3H3,(H,13,15);2*1H. The molecular weight excluding hydrogens is 277 g/mol. The van der Waals surface area contributed by atoms with Crippen LogP contribution >= 0.6 is 24.8 Å². The number of carbonyl (C=O) groups excluding carboxylic acids is 1. The Kier molecular flexibility index (Phi) is 21.7. The molecule has 0 saturated heterocycles. The number of amides is 1. The van der Waals surface area contributed by atoms with Crippen molar-refractivity contribution in [3.8, 4) is 0 Å². The number of hydrogen-bond donors (Lipinski definition) is 2. The molecule has 7 heteroatoms. The number of hydrogen-bond acceptors (Lipinski definition) is 4. The van der Waals surface area contributed by atoms with Gasteiger partial charge in [0.2, 0.25) is 5.91 Å². The predicted molar refractivity (Wildman–Crippen MR) is 80.0 cm³/mol. The molecule has 0 aromatic rings. The topological polar surface area (TPSA) is 53.6 Å². The SMILES string of the molecule is CCN(CC)CCNC(=O)CNCCOC.Cl.Cl. The van der Waals surface area contributed by atoms with E-state index in [-0.39, 0.29) is 30.7 Å². The van der Waals surface area contributed by atoms with Crippen LogP contribution in [0.3, 0.4) is 0 Å². The number of likely N-dealkylation sites (N-methyl/N-ethyl adjacent to an activating group) is 1. The quantitative estimate of drug-likeness (QED) is 0.578. The minimum absolute atomic E-state index is 0.